The van der Waals surface area contributed by atoms with Gasteiger partial charge in [-0.3, -0.25) is 4.90 Å². The van der Waals surface area contributed by atoms with Gasteiger partial charge in [0.25, 0.3) is 0 Å². The summed E-state index contributed by atoms with van der Waals surface area (Å²) in [5.41, 5.74) is 8.40. The van der Waals surface area contributed by atoms with E-state index in [1.165, 1.54) is 4.90 Å². The fraction of sp³-hybridized carbons (Fsp3) is 0.581. The number of amides is 1. The maximum absolute atomic E-state index is 13.5. The lowest BCUT2D eigenvalue weighted by atomic mass is 9.86. The SMILES string of the molecule is CCCOc1cc(CC2CS(=O)(=O)CC(N(Cc3cccc(C(C)(C)C)c3)C(=O)OC(C)(C)C)C2O)ccc1N. The molecule has 3 N–H and O–H groups in total. The van der Waals surface area contributed by atoms with Crippen LogP contribution in [0.25, 0.3) is 0 Å². The molecule has 222 valence electrons. The molecule has 9 heteroatoms. The average Bonchev–Trinajstić information content (AvgIpc) is 2.83. The lowest BCUT2D eigenvalue weighted by Crippen LogP contribution is -2.58. The number of anilines is 1. The Hall–Kier alpha value is -2.78. The summed E-state index contributed by atoms with van der Waals surface area (Å²) in [7, 11) is -3.58. The second kappa shape index (κ2) is 12.4. The number of ether oxygens (including phenoxy) is 2. The van der Waals surface area contributed by atoms with Crippen molar-refractivity contribution in [1.29, 1.82) is 0 Å². The summed E-state index contributed by atoms with van der Waals surface area (Å²) in [5, 5.41) is 11.6. The summed E-state index contributed by atoms with van der Waals surface area (Å²) >= 11 is 0. The third kappa shape index (κ3) is 8.61. The molecule has 0 radical (unpaired) electrons. The third-order valence-electron chi connectivity index (χ3n) is 6.98. The van der Waals surface area contributed by atoms with Gasteiger partial charge in [-0.1, -0.05) is 58.0 Å². The number of aliphatic hydroxyl groups excluding tert-OH is 1. The molecule has 0 saturated carbocycles. The van der Waals surface area contributed by atoms with E-state index in [0.29, 0.717) is 24.5 Å². The highest BCUT2D eigenvalue weighted by Crippen LogP contribution is 2.32. The zero-order chi connectivity index (χ0) is 29.9. The van der Waals surface area contributed by atoms with Gasteiger partial charge in [0, 0.05) is 12.5 Å². The van der Waals surface area contributed by atoms with Crippen molar-refractivity contribution in [3.8, 4) is 5.75 Å². The lowest BCUT2D eigenvalue weighted by molar-refractivity contribution is -0.0172. The van der Waals surface area contributed by atoms with E-state index in [1.54, 1.807) is 32.9 Å². The summed E-state index contributed by atoms with van der Waals surface area (Å²) in [6.45, 7) is 14.2. The molecule has 8 nitrogen and oxygen atoms in total. The van der Waals surface area contributed by atoms with Crippen LogP contribution in [0.3, 0.4) is 0 Å². The molecule has 3 rings (SSSR count). The number of benzene rings is 2. The van der Waals surface area contributed by atoms with Gasteiger partial charge < -0.3 is 20.3 Å². The highest BCUT2D eigenvalue weighted by molar-refractivity contribution is 7.91. The largest absolute Gasteiger partial charge is 0.491 e. The van der Waals surface area contributed by atoms with Gasteiger partial charge in [-0.2, -0.15) is 0 Å². The van der Waals surface area contributed by atoms with Crippen molar-refractivity contribution in [3.05, 3.63) is 59.2 Å². The van der Waals surface area contributed by atoms with E-state index >= 15 is 0 Å². The fourth-order valence-electron chi connectivity index (χ4n) is 4.94. The zero-order valence-corrected chi connectivity index (χ0v) is 25.8. The molecule has 1 aliphatic heterocycles. The van der Waals surface area contributed by atoms with Gasteiger partial charge >= 0.3 is 6.09 Å². The maximum atomic E-state index is 13.5. The van der Waals surface area contributed by atoms with E-state index in [9.17, 15) is 18.3 Å². The summed E-state index contributed by atoms with van der Waals surface area (Å²) in [6, 6.07) is 12.3. The molecule has 1 saturated heterocycles. The molecule has 0 spiro atoms. The van der Waals surface area contributed by atoms with Crippen molar-refractivity contribution < 1.29 is 27.8 Å². The molecule has 1 fully saturated rings. The van der Waals surface area contributed by atoms with Crippen LogP contribution >= 0.6 is 0 Å². The number of hydrogen-bond donors (Lipinski definition) is 2. The van der Waals surface area contributed by atoms with E-state index in [0.717, 1.165) is 23.1 Å². The Labute approximate surface area is 239 Å². The molecule has 2 aromatic rings. The first-order chi connectivity index (χ1) is 18.5. The summed E-state index contributed by atoms with van der Waals surface area (Å²) in [6.07, 6.45) is -0.624. The van der Waals surface area contributed by atoms with Crippen molar-refractivity contribution in [2.45, 2.75) is 91.0 Å². The summed E-state index contributed by atoms with van der Waals surface area (Å²) in [5.74, 6) is -0.604. The molecule has 0 aromatic heterocycles. The number of sulfone groups is 1. The highest BCUT2D eigenvalue weighted by Gasteiger charge is 2.44. The zero-order valence-electron chi connectivity index (χ0n) is 24.9. The van der Waals surface area contributed by atoms with Gasteiger partial charge in [-0.25, -0.2) is 13.2 Å². The molecule has 40 heavy (non-hydrogen) atoms. The van der Waals surface area contributed by atoms with Crippen LogP contribution in [0, 0.1) is 5.92 Å². The summed E-state index contributed by atoms with van der Waals surface area (Å²) in [4.78, 5) is 14.9. The van der Waals surface area contributed by atoms with Crippen LogP contribution in [0.4, 0.5) is 10.5 Å². The predicted molar refractivity (Wildman–Crippen MR) is 159 cm³/mol. The van der Waals surface area contributed by atoms with Crippen LogP contribution in [0.2, 0.25) is 0 Å². The van der Waals surface area contributed by atoms with Crippen LogP contribution < -0.4 is 10.5 Å². The minimum Gasteiger partial charge on any atom is -0.491 e. The molecule has 3 unspecified atom stereocenters. The smallest absolute Gasteiger partial charge is 0.410 e. The van der Waals surface area contributed by atoms with Crippen LogP contribution in [0.1, 0.15) is 71.6 Å². The predicted octanol–water partition coefficient (Wildman–Crippen LogP) is 5.11. The monoisotopic (exact) mass is 574 g/mol. The van der Waals surface area contributed by atoms with Gasteiger partial charge in [0.05, 0.1) is 35.9 Å². The molecular weight excluding hydrogens is 528 g/mol. The maximum Gasteiger partial charge on any atom is 0.410 e. The van der Waals surface area contributed by atoms with Crippen LogP contribution in [-0.4, -0.2) is 60.4 Å². The Kier molecular flexibility index (Phi) is 9.83. The highest BCUT2D eigenvalue weighted by atomic mass is 32.2. The molecule has 1 aliphatic rings. The topological polar surface area (TPSA) is 119 Å². The first-order valence-electron chi connectivity index (χ1n) is 14.0. The van der Waals surface area contributed by atoms with Gasteiger partial charge in [0.15, 0.2) is 9.84 Å². The second-order valence-electron chi connectivity index (χ2n) is 12.9. The number of rotatable bonds is 8. The number of nitrogen functional groups attached to an aromatic ring is 1. The number of carbonyl (C=O) groups excluding carboxylic acids is 1. The van der Waals surface area contributed by atoms with E-state index in [1.807, 2.05) is 37.3 Å². The van der Waals surface area contributed by atoms with Crippen molar-refractivity contribution in [1.82, 2.24) is 4.90 Å². The Morgan fingerprint density at radius 1 is 1.05 bits per heavy atom. The second-order valence-corrected chi connectivity index (χ2v) is 15.0. The van der Waals surface area contributed by atoms with Crippen LogP contribution in [0.5, 0.6) is 5.75 Å². The Morgan fingerprint density at radius 2 is 1.75 bits per heavy atom. The summed E-state index contributed by atoms with van der Waals surface area (Å²) < 4.78 is 37.8. The minimum atomic E-state index is -3.58. The molecular formula is C31H46N2O6S. The van der Waals surface area contributed by atoms with Crippen molar-refractivity contribution in [2.24, 2.45) is 5.92 Å². The van der Waals surface area contributed by atoms with E-state index in [-0.39, 0.29) is 23.5 Å². The third-order valence-corrected chi connectivity index (χ3v) is 8.77. The molecule has 1 heterocycles. The number of nitrogens with two attached hydrogens (primary N) is 1. The minimum absolute atomic E-state index is 0.107. The number of aliphatic hydroxyl groups is 1. The van der Waals surface area contributed by atoms with Crippen molar-refractivity contribution >= 4 is 21.6 Å². The Balaban J connectivity index is 1.96. The first kappa shape index (κ1) is 31.7. The molecule has 0 aliphatic carbocycles. The average molecular weight is 575 g/mol. The van der Waals surface area contributed by atoms with Crippen LogP contribution in [0.15, 0.2) is 42.5 Å². The fourth-order valence-corrected chi connectivity index (χ4v) is 6.94. The van der Waals surface area contributed by atoms with Crippen LogP contribution in [-0.2, 0) is 33.0 Å². The molecule has 3 atom stereocenters. The van der Waals surface area contributed by atoms with E-state index < -0.39 is 39.6 Å². The van der Waals surface area contributed by atoms with E-state index in [4.69, 9.17) is 15.2 Å². The number of carbonyl (C=O) groups is 1. The quantitative estimate of drug-likeness (QED) is 0.421. The van der Waals surface area contributed by atoms with Gasteiger partial charge in [0.1, 0.15) is 11.4 Å². The van der Waals surface area contributed by atoms with Crippen molar-refractivity contribution in [3.63, 3.8) is 0 Å². The number of nitrogens with zero attached hydrogens (tertiary/aromatic N) is 1. The number of hydrogen-bond acceptors (Lipinski definition) is 7. The molecule has 1 amide bonds. The molecule has 2 aromatic carbocycles. The van der Waals surface area contributed by atoms with Gasteiger partial charge in [-0.05, 0) is 67.9 Å². The van der Waals surface area contributed by atoms with E-state index in [2.05, 4.69) is 20.8 Å². The standard InChI is InChI=1S/C31H46N2O6S/c1-8-14-38-27-17-21(12-13-25(27)32)15-23-19-40(36,37)20-26(28(23)34)33(29(35)39-31(5,6)7)18-22-10-9-11-24(16-22)30(2,3)4/h9-13,16-17,23,26,28,34H,8,14-15,18-20,32H2,1-7H3. The Morgan fingerprint density at radius 3 is 2.38 bits per heavy atom. The van der Waals surface area contributed by atoms with Gasteiger partial charge in [-0.15, -0.1) is 0 Å². The lowest BCUT2D eigenvalue weighted by Gasteiger charge is -2.41. The Bertz CT molecular complexity index is 1280. The first-order valence-corrected chi connectivity index (χ1v) is 15.8. The van der Waals surface area contributed by atoms with Gasteiger partial charge in [0.2, 0.25) is 0 Å². The molecule has 0 bridgehead atoms. The van der Waals surface area contributed by atoms with Crippen molar-refractivity contribution in [2.75, 3.05) is 23.8 Å². The normalized spacial score (nSPS) is 21.1.